The maximum atomic E-state index is 13.1. The number of allylic oxidation sites excluding steroid dienone is 1. The fraction of sp³-hybridized carbons (Fsp3) is 0.273. The van der Waals surface area contributed by atoms with Crippen LogP contribution >= 0.6 is 0 Å². The normalized spacial score (nSPS) is 13.3. The number of hydrogen-bond acceptors (Lipinski definition) is 3. The largest absolute Gasteiger partial charge is 0.467 e. The van der Waals surface area contributed by atoms with Crippen molar-refractivity contribution >= 4 is 11.9 Å². The average Bonchev–Trinajstić information content (AvgIpc) is 2.98. The van der Waals surface area contributed by atoms with Gasteiger partial charge in [-0.3, -0.25) is 4.79 Å². The lowest BCUT2D eigenvalue weighted by atomic mass is 9.95. The monoisotopic (exact) mass is 349 g/mol. The lowest BCUT2D eigenvalue weighted by molar-refractivity contribution is -0.145. The summed E-state index contributed by atoms with van der Waals surface area (Å²) < 4.78 is 4.86. The van der Waals surface area contributed by atoms with Crippen LogP contribution in [0.15, 0.2) is 60.2 Å². The summed E-state index contributed by atoms with van der Waals surface area (Å²) >= 11 is 0. The Balaban J connectivity index is 1.91. The number of amides is 1. The highest BCUT2D eigenvalue weighted by atomic mass is 16.5. The second kappa shape index (κ2) is 7.56. The number of nitrogens with one attached hydrogen (secondary N) is 1. The molecule has 4 heteroatoms. The molecule has 0 aliphatic heterocycles. The Morgan fingerprint density at radius 1 is 1.04 bits per heavy atom. The van der Waals surface area contributed by atoms with Gasteiger partial charge in [-0.1, -0.05) is 60.2 Å². The zero-order chi connectivity index (χ0) is 18.7. The van der Waals surface area contributed by atoms with Crippen LogP contribution in [0.4, 0.5) is 0 Å². The third kappa shape index (κ3) is 3.40. The Kier molecular flexibility index (Phi) is 5.21. The molecule has 0 aromatic heterocycles. The molecule has 1 N–H and O–H groups in total. The molecule has 0 spiro atoms. The Labute approximate surface area is 153 Å². The molecule has 134 valence electrons. The summed E-state index contributed by atoms with van der Waals surface area (Å²) in [7, 11) is 1.34. The van der Waals surface area contributed by atoms with Crippen molar-refractivity contribution in [1.82, 2.24) is 5.32 Å². The summed E-state index contributed by atoms with van der Waals surface area (Å²) in [4.78, 5) is 25.2. The van der Waals surface area contributed by atoms with E-state index in [1.807, 2.05) is 68.5 Å². The second-order valence-electron chi connectivity index (χ2n) is 6.71. The van der Waals surface area contributed by atoms with Crippen LogP contribution in [0.5, 0.6) is 0 Å². The average molecular weight is 349 g/mol. The molecule has 2 aromatic rings. The lowest BCUT2D eigenvalue weighted by Gasteiger charge is -2.19. The van der Waals surface area contributed by atoms with E-state index in [4.69, 9.17) is 4.74 Å². The van der Waals surface area contributed by atoms with Gasteiger partial charge in [0.2, 0.25) is 5.91 Å². The highest BCUT2D eigenvalue weighted by Gasteiger charge is 2.35. The van der Waals surface area contributed by atoms with Gasteiger partial charge in [-0.05, 0) is 42.5 Å². The molecule has 2 aromatic carbocycles. The Morgan fingerprint density at radius 2 is 1.58 bits per heavy atom. The van der Waals surface area contributed by atoms with E-state index in [1.54, 1.807) is 0 Å². The first-order valence-corrected chi connectivity index (χ1v) is 8.72. The summed E-state index contributed by atoms with van der Waals surface area (Å²) in [5.74, 6) is -1.03. The Hall–Kier alpha value is -2.88. The van der Waals surface area contributed by atoms with Crippen molar-refractivity contribution in [3.05, 3.63) is 71.3 Å². The standard InChI is InChI=1S/C22H23NO3/c1-14(2)12-13-19(22(25)26-3)23-21(24)20-17-10-6-4-8-15(17)16-9-5-7-11-18(16)20/h4-12,19-20H,13H2,1-3H3,(H,23,24)/t19-/m1/s1. The molecular weight excluding hydrogens is 326 g/mol. The maximum absolute atomic E-state index is 13.1. The van der Waals surface area contributed by atoms with Gasteiger partial charge in [0.05, 0.1) is 13.0 Å². The van der Waals surface area contributed by atoms with E-state index < -0.39 is 17.9 Å². The van der Waals surface area contributed by atoms with Crippen LogP contribution in [0.25, 0.3) is 11.1 Å². The molecular formula is C22H23NO3. The predicted octanol–water partition coefficient (Wildman–Crippen LogP) is 3.81. The smallest absolute Gasteiger partial charge is 0.328 e. The number of carbonyl (C=O) groups excluding carboxylic acids is 2. The van der Waals surface area contributed by atoms with Crippen LogP contribution in [-0.2, 0) is 14.3 Å². The van der Waals surface area contributed by atoms with Gasteiger partial charge in [-0.25, -0.2) is 4.79 Å². The van der Waals surface area contributed by atoms with E-state index in [1.165, 1.54) is 7.11 Å². The maximum Gasteiger partial charge on any atom is 0.328 e. The number of ether oxygens (including phenoxy) is 1. The fourth-order valence-electron chi connectivity index (χ4n) is 3.40. The zero-order valence-electron chi connectivity index (χ0n) is 15.3. The number of methoxy groups -OCH3 is 1. The summed E-state index contributed by atoms with van der Waals surface area (Å²) in [6.45, 7) is 3.92. The highest BCUT2D eigenvalue weighted by molar-refractivity contribution is 5.97. The first kappa shape index (κ1) is 17.9. The van der Waals surface area contributed by atoms with Crippen molar-refractivity contribution in [1.29, 1.82) is 0 Å². The van der Waals surface area contributed by atoms with Gasteiger partial charge in [-0.2, -0.15) is 0 Å². The molecule has 1 atom stereocenters. The van der Waals surface area contributed by atoms with E-state index in [-0.39, 0.29) is 5.91 Å². The molecule has 3 rings (SSSR count). The van der Waals surface area contributed by atoms with Gasteiger partial charge in [0.1, 0.15) is 6.04 Å². The van der Waals surface area contributed by atoms with Crippen molar-refractivity contribution in [2.75, 3.05) is 7.11 Å². The summed E-state index contributed by atoms with van der Waals surface area (Å²) in [5, 5.41) is 2.89. The van der Waals surface area contributed by atoms with Gasteiger partial charge in [0, 0.05) is 0 Å². The van der Waals surface area contributed by atoms with Crippen molar-refractivity contribution in [2.24, 2.45) is 0 Å². The third-order valence-corrected chi connectivity index (χ3v) is 4.66. The first-order chi connectivity index (χ1) is 12.5. The molecule has 1 aliphatic rings. The van der Waals surface area contributed by atoms with Crippen molar-refractivity contribution in [3.63, 3.8) is 0 Å². The molecule has 0 saturated carbocycles. The van der Waals surface area contributed by atoms with Crippen LogP contribution < -0.4 is 5.32 Å². The first-order valence-electron chi connectivity index (χ1n) is 8.72. The molecule has 0 fully saturated rings. The predicted molar refractivity (Wildman–Crippen MR) is 102 cm³/mol. The number of rotatable bonds is 5. The molecule has 1 aliphatic carbocycles. The number of hydrogen-bond donors (Lipinski definition) is 1. The highest BCUT2D eigenvalue weighted by Crippen LogP contribution is 2.44. The molecule has 0 radical (unpaired) electrons. The summed E-state index contributed by atoms with van der Waals surface area (Å²) in [6.07, 6.45) is 2.34. The number of benzene rings is 2. The Bertz CT molecular complexity index is 820. The van der Waals surface area contributed by atoms with E-state index in [9.17, 15) is 9.59 Å². The van der Waals surface area contributed by atoms with Crippen LogP contribution in [0.2, 0.25) is 0 Å². The molecule has 0 heterocycles. The molecule has 0 saturated heterocycles. The van der Waals surface area contributed by atoms with Crippen LogP contribution in [0, 0.1) is 0 Å². The number of esters is 1. The molecule has 1 amide bonds. The minimum absolute atomic E-state index is 0.181. The van der Waals surface area contributed by atoms with Gasteiger partial charge >= 0.3 is 5.97 Å². The van der Waals surface area contributed by atoms with Crippen LogP contribution in [0.3, 0.4) is 0 Å². The molecule has 0 bridgehead atoms. The van der Waals surface area contributed by atoms with Crippen LogP contribution in [0.1, 0.15) is 37.3 Å². The zero-order valence-corrected chi connectivity index (χ0v) is 15.3. The van der Waals surface area contributed by atoms with E-state index in [2.05, 4.69) is 5.32 Å². The van der Waals surface area contributed by atoms with E-state index in [0.717, 1.165) is 27.8 Å². The Morgan fingerprint density at radius 3 is 2.08 bits per heavy atom. The molecule has 26 heavy (non-hydrogen) atoms. The van der Waals surface area contributed by atoms with Crippen molar-refractivity contribution in [3.8, 4) is 11.1 Å². The second-order valence-corrected chi connectivity index (χ2v) is 6.71. The fourth-order valence-corrected chi connectivity index (χ4v) is 3.40. The van der Waals surface area contributed by atoms with Gasteiger partial charge in [0.25, 0.3) is 0 Å². The van der Waals surface area contributed by atoms with E-state index in [0.29, 0.717) is 6.42 Å². The lowest BCUT2D eigenvalue weighted by Crippen LogP contribution is -2.43. The minimum Gasteiger partial charge on any atom is -0.467 e. The van der Waals surface area contributed by atoms with Gasteiger partial charge in [-0.15, -0.1) is 0 Å². The van der Waals surface area contributed by atoms with Gasteiger partial charge < -0.3 is 10.1 Å². The summed E-state index contributed by atoms with van der Waals surface area (Å²) in [6, 6.07) is 15.1. The molecule has 4 nitrogen and oxygen atoms in total. The minimum atomic E-state index is -0.692. The number of carbonyl (C=O) groups is 2. The quantitative estimate of drug-likeness (QED) is 0.660. The molecule has 0 unspecified atom stereocenters. The van der Waals surface area contributed by atoms with Crippen molar-refractivity contribution < 1.29 is 14.3 Å². The van der Waals surface area contributed by atoms with Crippen LogP contribution in [-0.4, -0.2) is 25.0 Å². The third-order valence-electron chi connectivity index (χ3n) is 4.66. The summed E-state index contributed by atoms with van der Waals surface area (Å²) in [5.41, 5.74) is 5.17. The topological polar surface area (TPSA) is 55.4 Å². The van der Waals surface area contributed by atoms with Gasteiger partial charge in [0.15, 0.2) is 0 Å². The van der Waals surface area contributed by atoms with E-state index >= 15 is 0 Å². The number of fused-ring (bicyclic) bond motifs is 3. The SMILES string of the molecule is COC(=O)[C@@H](CC=C(C)C)NC(=O)C1c2ccccc2-c2ccccc21. The van der Waals surface area contributed by atoms with Crippen molar-refractivity contribution in [2.45, 2.75) is 32.2 Å².